The van der Waals surface area contributed by atoms with E-state index >= 15 is 0 Å². The Labute approximate surface area is 147 Å². The van der Waals surface area contributed by atoms with Crippen LogP contribution in [0, 0.1) is 0 Å². The van der Waals surface area contributed by atoms with Crippen LogP contribution in [0.2, 0.25) is 5.36 Å². The number of hydrogen-bond donors (Lipinski definition) is 0. The van der Waals surface area contributed by atoms with Crippen LogP contribution in [0.15, 0.2) is 54.6 Å². The molecule has 0 aliphatic carbocycles. The van der Waals surface area contributed by atoms with Gasteiger partial charge in [0.2, 0.25) is 0 Å². The fourth-order valence-corrected chi connectivity index (χ4v) is 4.95. The van der Waals surface area contributed by atoms with E-state index in [-0.39, 0.29) is 0 Å². The number of rotatable bonds is 9. The Kier molecular flexibility index (Phi) is 8.02. The first-order valence-corrected chi connectivity index (χ1v) is 11.1. The Morgan fingerprint density at radius 1 is 0.696 bits per heavy atom. The van der Waals surface area contributed by atoms with Crippen molar-refractivity contribution >= 4 is 13.5 Å². The average Bonchev–Trinajstić information content (AvgIpc) is 2.61. The van der Waals surface area contributed by atoms with Gasteiger partial charge in [-0.25, -0.2) is 0 Å². The van der Waals surface area contributed by atoms with E-state index in [1.807, 2.05) is 54.6 Å². The van der Waals surface area contributed by atoms with Gasteiger partial charge in [0.15, 0.2) is 0 Å². The van der Waals surface area contributed by atoms with Gasteiger partial charge in [-0.15, -0.1) is 0 Å². The molecule has 0 aliphatic rings. The summed E-state index contributed by atoms with van der Waals surface area (Å²) in [5.74, 6) is 0. The van der Waals surface area contributed by atoms with Crippen molar-refractivity contribution in [1.82, 2.24) is 0 Å². The van der Waals surface area contributed by atoms with E-state index in [0.29, 0.717) is 0 Å². The third kappa shape index (κ3) is 5.88. The summed E-state index contributed by atoms with van der Waals surface area (Å²) >= 11 is -2.84. The fourth-order valence-electron chi connectivity index (χ4n) is 2.15. The summed E-state index contributed by atoms with van der Waals surface area (Å²) < 4.78 is 27.3. The molecule has 23 heavy (non-hydrogen) atoms. The molecule has 0 saturated heterocycles. The molecule has 0 aliphatic heterocycles. The molecule has 0 unspecified atom stereocenters. The first kappa shape index (κ1) is 18.4. The minimum atomic E-state index is -1.54. The van der Waals surface area contributed by atoms with Crippen LogP contribution in [0.1, 0.15) is 39.0 Å². The molecule has 0 fully saturated rings. The molecule has 0 heterocycles. The second-order valence-corrected chi connectivity index (χ2v) is 9.13. The van der Waals surface area contributed by atoms with Gasteiger partial charge in [-0.2, -0.15) is 0 Å². The summed E-state index contributed by atoms with van der Waals surface area (Å²) in [5, 5.41) is 0.751. The molecule has 2 nitrogen and oxygen atoms in total. The van der Waals surface area contributed by atoms with E-state index in [9.17, 15) is 7.73 Å². The molecule has 2 rings (SSSR count). The summed E-state index contributed by atoms with van der Waals surface area (Å²) in [5.41, 5.74) is 0. The second kappa shape index (κ2) is 10.0. The van der Waals surface area contributed by atoms with E-state index < -0.39 is 27.2 Å². The molecule has 0 bridgehead atoms. The zero-order valence-corrected chi connectivity index (χ0v) is 15.5. The monoisotopic (exact) mass is 402 g/mol. The van der Waals surface area contributed by atoms with Gasteiger partial charge in [-0.3, -0.25) is 0 Å². The Bertz CT molecular complexity index is 636. The first-order valence-electron chi connectivity index (χ1n) is 7.95. The van der Waals surface area contributed by atoms with Gasteiger partial charge in [0.05, 0.1) is 0 Å². The van der Waals surface area contributed by atoms with E-state index in [1.54, 1.807) is 0 Å². The molecule has 2 aromatic rings. The van der Waals surface area contributed by atoms with Crippen LogP contribution < -0.4 is 13.5 Å². The summed E-state index contributed by atoms with van der Waals surface area (Å²) in [6.45, 7) is 2.20. The number of unbranched alkanes of at least 4 members (excludes halogenated alkanes) is 4. The molecular formula is C19H24Co2O2. The minimum absolute atomic E-state index is 0.751. The zero-order valence-electron chi connectivity index (χ0n) is 13.4. The van der Waals surface area contributed by atoms with Crippen LogP contribution in [0.25, 0.3) is 0 Å². The van der Waals surface area contributed by atoms with Gasteiger partial charge < -0.3 is 0 Å². The Balaban J connectivity index is 1.91. The topological polar surface area (TPSA) is 34.1 Å². The second-order valence-electron chi connectivity index (χ2n) is 5.24. The SMILES string of the molecule is CCCCCC[CH2][Co](=[O])[c]1cc[c]([Co](=[O])[c]2ccccc2)cc1. The van der Waals surface area contributed by atoms with Crippen molar-refractivity contribution in [1.29, 1.82) is 0 Å². The van der Waals surface area contributed by atoms with Crippen LogP contribution >= 0.6 is 0 Å². The van der Waals surface area contributed by atoms with Crippen molar-refractivity contribution in [3.8, 4) is 0 Å². The standard InChI is InChI=1S/C7H15.C6H5.C6H4.2Co.2O/c1-3-5-7-6-4-2;2*1-2-4-6-5-3-1;;;;/h1,3-7H2,2H3;1-5H;1-2,5-6H;;;;. The van der Waals surface area contributed by atoms with Crippen molar-refractivity contribution in [2.24, 2.45) is 0 Å². The predicted molar refractivity (Wildman–Crippen MR) is 86.7 cm³/mol. The van der Waals surface area contributed by atoms with Gasteiger partial charge >= 0.3 is 147 Å². The van der Waals surface area contributed by atoms with Gasteiger partial charge in [0, 0.05) is 0 Å². The molecule has 0 radical (unpaired) electrons. The first-order chi connectivity index (χ1) is 11.2. The molecule has 2 aromatic carbocycles. The van der Waals surface area contributed by atoms with Gasteiger partial charge in [-0.1, -0.05) is 0 Å². The number of benzene rings is 2. The Morgan fingerprint density at radius 3 is 1.91 bits per heavy atom. The van der Waals surface area contributed by atoms with Gasteiger partial charge in [0.25, 0.3) is 0 Å². The van der Waals surface area contributed by atoms with Crippen molar-refractivity contribution in [2.75, 3.05) is 0 Å². The van der Waals surface area contributed by atoms with Gasteiger partial charge in [-0.05, 0) is 0 Å². The summed E-state index contributed by atoms with van der Waals surface area (Å²) in [4.78, 5) is 0. The summed E-state index contributed by atoms with van der Waals surface area (Å²) in [7, 11) is 0. The molecule has 0 spiro atoms. The van der Waals surface area contributed by atoms with Crippen LogP contribution in [0.5, 0.6) is 0 Å². The summed E-state index contributed by atoms with van der Waals surface area (Å²) in [6, 6.07) is 16.9. The van der Waals surface area contributed by atoms with Gasteiger partial charge in [0.1, 0.15) is 0 Å². The molecular weight excluding hydrogens is 378 g/mol. The third-order valence-electron chi connectivity index (χ3n) is 3.43. The fraction of sp³-hybridized carbons (Fsp3) is 0.368. The predicted octanol–water partition coefficient (Wildman–Crippen LogP) is 3.58. The molecule has 0 N–H and O–H groups in total. The maximum atomic E-state index is 12.5. The molecule has 0 atom stereocenters. The molecule has 4 heteroatoms. The molecule has 130 valence electrons. The Hall–Kier alpha value is -0.947. The molecule has 0 aromatic heterocycles. The van der Waals surface area contributed by atoms with E-state index in [1.165, 1.54) is 19.3 Å². The van der Waals surface area contributed by atoms with E-state index in [0.717, 1.165) is 31.7 Å². The van der Waals surface area contributed by atoms with Crippen LogP contribution in [0.4, 0.5) is 0 Å². The molecule has 0 amide bonds. The van der Waals surface area contributed by atoms with Crippen molar-refractivity contribution in [2.45, 2.75) is 44.4 Å². The Morgan fingerprint density at radius 2 is 1.26 bits per heavy atom. The van der Waals surface area contributed by atoms with Crippen molar-refractivity contribution in [3.63, 3.8) is 0 Å². The van der Waals surface area contributed by atoms with Crippen molar-refractivity contribution in [3.05, 3.63) is 54.6 Å². The third-order valence-corrected chi connectivity index (χ3v) is 7.07. The molecule has 0 saturated carbocycles. The van der Waals surface area contributed by atoms with Crippen molar-refractivity contribution < 1.29 is 34.9 Å². The van der Waals surface area contributed by atoms with Crippen LogP contribution in [0.3, 0.4) is 0 Å². The van der Waals surface area contributed by atoms with Crippen LogP contribution in [-0.4, -0.2) is 0 Å². The van der Waals surface area contributed by atoms with Crippen LogP contribution in [-0.2, 0) is 34.9 Å². The van der Waals surface area contributed by atoms with E-state index in [2.05, 4.69) is 6.92 Å². The number of hydrogen-bond acceptors (Lipinski definition) is 2. The average molecular weight is 402 g/mol. The normalized spacial score (nSPS) is 12.0. The van der Waals surface area contributed by atoms with E-state index in [4.69, 9.17) is 0 Å². The quantitative estimate of drug-likeness (QED) is 0.601. The maximum absolute atomic E-state index is 12.5. The zero-order chi connectivity index (χ0) is 16.5. The summed E-state index contributed by atoms with van der Waals surface area (Å²) in [6.07, 6.45) is 5.90.